The summed E-state index contributed by atoms with van der Waals surface area (Å²) in [5, 5.41) is 0. The summed E-state index contributed by atoms with van der Waals surface area (Å²) in [6.45, 7) is 4.80. The normalized spacial score (nSPS) is 30.4. The fourth-order valence-corrected chi connectivity index (χ4v) is 2.80. The molecule has 0 amide bonds. The molecule has 0 radical (unpaired) electrons. The lowest BCUT2D eigenvalue weighted by atomic mass is 9.80. The molecule has 0 aromatic carbocycles. The summed E-state index contributed by atoms with van der Waals surface area (Å²) < 4.78 is 0. The molecule has 1 saturated carbocycles. The van der Waals surface area contributed by atoms with Gasteiger partial charge in [-0.1, -0.05) is 19.3 Å². The van der Waals surface area contributed by atoms with Crippen molar-refractivity contribution in [1.29, 1.82) is 0 Å². The number of rotatable bonds is 3. The van der Waals surface area contributed by atoms with Gasteiger partial charge in [-0.3, -0.25) is 4.90 Å². The van der Waals surface area contributed by atoms with Crippen molar-refractivity contribution < 1.29 is 0 Å². The van der Waals surface area contributed by atoms with Gasteiger partial charge in [-0.05, 0) is 38.6 Å². The summed E-state index contributed by atoms with van der Waals surface area (Å²) in [6, 6.07) is 1.21. The van der Waals surface area contributed by atoms with Crippen LogP contribution in [0, 0.1) is 5.92 Å². The summed E-state index contributed by atoms with van der Waals surface area (Å²) in [5.74, 6) is 1.03. The minimum absolute atomic E-state index is 0. The molecular formula is C12H25ClN2. The Hall–Kier alpha value is 0.210. The lowest BCUT2D eigenvalue weighted by Gasteiger charge is -2.38. The number of hydrogen-bond donors (Lipinski definition) is 1. The molecule has 1 saturated heterocycles. The third-order valence-electron chi connectivity index (χ3n) is 4.01. The van der Waals surface area contributed by atoms with Crippen LogP contribution >= 0.6 is 12.4 Å². The monoisotopic (exact) mass is 232 g/mol. The molecule has 90 valence electrons. The predicted octanol–water partition coefficient (Wildman–Crippen LogP) is 2.41. The Morgan fingerprint density at radius 2 is 2.00 bits per heavy atom. The predicted molar refractivity (Wildman–Crippen MR) is 67.5 cm³/mol. The topological polar surface area (TPSA) is 29.3 Å². The number of hydrogen-bond acceptors (Lipinski definition) is 2. The first-order chi connectivity index (χ1) is 6.75. The number of likely N-dealkylation sites (tertiary alicyclic amines) is 1. The average Bonchev–Trinajstić information content (AvgIpc) is 2.11. The van der Waals surface area contributed by atoms with E-state index < -0.39 is 0 Å². The van der Waals surface area contributed by atoms with Crippen molar-refractivity contribution in [2.24, 2.45) is 11.7 Å². The number of nitrogens with two attached hydrogens (primary N) is 1. The Labute approximate surface area is 100.0 Å². The molecule has 2 rings (SSSR count). The summed E-state index contributed by atoms with van der Waals surface area (Å²) >= 11 is 0. The Bertz CT molecular complexity index is 182. The molecule has 1 aliphatic heterocycles. The van der Waals surface area contributed by atoms with Gasteiger partial charge in [-0.2, -0.15) is 0 Å². The van der Waals surface area contributed by atoms with Crippen LogP contribution in [-0.4, -0.2) is 30.1 Å². The summed E-state index contributed by atoms with van der Waals surface area (Å²) in [6.07, 6.45) is 8.36. The van der Waals surface area contributed by atoms with Gasteiger partial charge in [-0.15, -0.1) is 12.4 Å². The first kappa shape index (κ1) is 13.3. The van der Waals surface area contributed by atoms with E-state index in [2.05, 4.69) is 11.8 Å². The van der Waals surface area contributed by atoms with E-state index in [4.69, 9.17) is 5.73 Å². The van der Waals surface area contributed by atoms with Gasteiger partial charge in [0.1, 0.15) is 0 Å². The van der Waals surface area contributed by atoms with Gasteiger partial charge < -0.3 is 5.73 Å². The van der Waals surface area contributed by atoms with Crippen molar-refractivity contribution in [3.05, 3.63) is 0 Å². The highest BCUT2D eigenvalue weighted by molar-refractivity contribution is 5.85. The Kier molecular flexibility index (Phi) is 5.37. The van der Waals surface area contributed by atoms with Crippen molar-refractivity contribution in [2.45, 2.75) is 57.5 Å². The zero-order chi connectivity index (χ0) is 9.97. The van der Waals surface area contributed by atoms with Crippen molar-refractivity contribution in [3.63, 3.8) is 0 Å². The van der Waals surface area contributed by atoms with Crippen LogP contribution in [0.25, 0.3) is 0 Å². The Balaban J connectivity index is 0.00000112. The van der Waals surface area contributed by atoms with Gasteiger partial charge in [0.2, 0.25) is 0 Å². The van der Waals surface area contributed by atoms with Crippen LogP contribution in [0.15, 0.2) is 0 Å². The molecule has 0 bridgehead atoms. The van der Waals surface area contributed by atoms with E-state index in [0.29, 0.717) is 6.04 Å². The highest BCUT2D eigenvalue weighted by atomic mass is 35.5. The van der Waals surface area contributed by atoms with Gasteiger partial charge in [0, 0.05) is 18.6 Å². The fourth-order valence-electron chi connectivity index (χ4n) is 2.80. The Morgan fingerprint density at radius 1 is 1.27 bits per heavy atom. The minimum Gasteiger partial charge on any atom is -0.327 e. The molecule has 2 atom stereocenters. The summed E-state index contributed by atoms with van der Waals surface area (Å²) in [7, 11) is 0. The summed E-state index contributed by atoms with van der Waals surface area (Å²) in [4.78, 5) is 2.60. The van der Waals surface area contributed by atoms with Crippen molar-refractivity contribution in [1.82, 2.24) is 4.90 Å². The quantitative estimate of drug-likeness (QED) is 0.810. The zero-order valence-corrected chi connectivity index (χ0v) is 10.6. The molecule has 3 heteroatoms. The first-order valence-electron chi connectivity index (χ1n) is 6.25. The molecule has 0 aromatic rings. The van der Waals surface area contributed by atoms with Crippen LogP contribution in [0.4, 0.5) is 0 Å². The van der Waals surface area contributed by atoms with Gasteiger partial charge in [0.15, 0.2) is 0 Å². The number of nitrogens with zero attached hydrogens (tertiary/aromatic N) is 1. The number of halogens is 1. The maximum Gasteiger partial charge on any atom is 0.0168 e. The second-order valence-electron chi connectivity index (χ2n) is 5.28. The third kappa shape index (κ3) is 3.61. The molecule has 0 aromatic heterocycles. The molecule has 2 N–H and O–H groups in total. The largest absolute Gasteiger partial charge is 0.327 e. The van der Waals surface area contributed by atoms with Gasteiger partial charge in [0.05, 0.1) is 0 Å². The standard InChI is InChI=1S/C12H24N2.ClH/c1-10(8-11-4-2-5-11)14-7-3-6-12(13)9-14;/h10-12H,2-9,13H2,1H3;1H/t10?,12-;/m1./s1. The Morgan fingerprint density at radius 3 is 2.53 bits per heavy atom. The summed E-state index contributed by atoms with van der Waals surface area (Å²) in [5.41, 5.74) is 6.00. The molecule has 15 heavy (non-hydrogen) atoms. The molecule has 0 spiro atoms. The highest BCUT2D eigenvalue weighted by Gasteiger charge is 2.25. The third-order valence-corrected chi connectivity index (χ3v) is 4.01. The van der Waals surface area contributed by atoms with E-state index in [1.54, 1.807) is 0 Å². The van der Waals surface area contributed by atoms with E-state index in [1.165, 1.54) is 45.1 Å². The lowest BCUT2D eigenvalue weighted by Crippen LogP contribution is -2.47. The van der Waals surface area contributed by atoms with Crippen LogP contribution < -0.4 is 5.73 Å². The van der Waals surface area contributed by atoms with Gasteiger partial charge >= 0.3 is 0 Å². The zero-order valence-electron chi connectivity index (χ0n) is 9.82. The van der Waals surface area contributed by atoms with Crippen LogP contribution in [0.5, 0.6) is 0 Å². The molecule has 1 unspecified atom stereocenters. The molecule has 2 fully saturated rings. The van der Waals surface area contributed by atoms with E-state index in [1.807, 2.05) is 0 Å². The second kappa shape index (κ2) is 6.07. The van der Waals surface area contributed by atoms with E-state index in [-0.39, 0.29) is 12.4 Å². The fraction of sp³-hybridized carbons (Fsp3) is 1.00. The smallest absolute Gasteiger partial charge is 0.0168 e. The highest BCUT2D eigenvalue weighted by Crippen LogP contribution is 2.32. The second-order valence-corrected chi connectivity index (χ2v) is 5.28. The van der Waals surface area contributed by atoms with E-state index in [0.717, 1.165) is 18.5 Å². The van der Waals surface area contributed by atoms with Crippen molar-refractivity contribution >= 4 is 12.4 Å². The van der Waals surface area contributed by atoms with Gasteiger partial charge in [0.25, 0.3) is 0 Å². The van der Waals surface area contributed by atoms with Crippen LogP contribution in [0.1, 0.15) is 45.4 Å². The van der Waals surface area contributed by atoms with E-state index >= 15 is 0 Å². The first-order valence-corrected chi connectivity index (χ1v) is 6.25. The maximum atomic E-state index is 6.00. The SMILES string of the molecule is CC(CC1CCC1)N1CCC[C@@H](N)C1.Cl. The molecule has 2 nitrogen and oxygen atoms in total. The van der Waals surface area contributed by atoms with E-state index in [9.17, 15) is 0 Å². The van der Waals surface area contributed by atoms with Crippen LogP contribution in [0.2, 0.25) is 0 Å². The number of piperidine rings is 1. The molecular weight excluding hydrogens is 208 g/mol. The lowest BCUT2D eigenvalue weighted by molar-refractivity contribution is 0.123. The molecule has 1 heterocycles. The molecule has 2 aliphatic rings. The van der Waals surface area contributed by atoms with Crippen molar-refractivity contribution in [3.8, 4) is 0 Å². The van der Waals surface area contributed by atoms with Gasteiger partial charge in [-0.25, -0.2) is 0 Å². The molecule has 1 aliphatic carbocycles. The maximum absolute atomic E-state index is 6.00. The van der Waals surface area contributed by atoms with Crippen LogP contribution in [0.3, 0.4) is 0 Å². The average molecular weight is 233 g/mol. The van der Waals surface area contributed by atoms with Crippen molar-refractivity contribution in [2.75, 3.05) is 13.1 Å². The minimum atomic E-state index is 0. The van der Waals surface area contributed by atoms with Crippen LogP contribution in [-0.2, 0) is 0 Å².